The zero-order valence-electron chi connectivity index (χ0n) is 12.4. The van der Waals surface area contributed by atoms with Crippen molar-refractivity contribution in [1.29, 1.82) is 0 Å². The molecule has 1 aliphatic heterocycles. The van der Waals surface area contributed by atoms with E-state index in [1.807, 2.05) is 0 Å². The Morgan fingerprint density at radius 3 is 2.55 bits per heavy atom. The van der Waals surface area contributed by atoms with E-state index in [9.17, 15) is 22.8 Å². The molecule has 126 valence electrons. The predicted molar refractivity (Wildman–Crippen MR) is 69.9 cm³/mol. The smallest absolute Gasteiger partial charge is 0.411 e. The lowest BCUT2D eigenvalue weighted by Gasteiger charge is -2.33. The fourth-order valence-corrected chi connectivity index (χ4v) is 3.49. The standard InChI is InChI=1S/C14H20F3NO4/c1-21-13(20)11-6-9-4-2-3-5-10(9)18(11)12(19)7-22-8-14(15,16)17/h9-11H,2-8H2,1H3. The maximum Gasteiger partial charge on any atom is 0.411 e. The van der Waals surface area contributed by atoms with Gasteiger partial charge in [-0.2, -0.15) is 13.2 Å². The lowest BCUT2D eigenvalue weighted by Crippen LogP contribution is -2.48. The van der Waals surface area contributed by atoms with Crippen LogP contribution >= 0.6 is 0 Å². The Kier molecular flexibility index (Phi) is 5.31. The van der Waals surface area contributed by atoms with Crippen LogP contribution in [0.15, 0.2) is 0 Å². The van der Waals surface area contributed by atoms with Crippen molar-refractivity contribution in [2.24, 2.45) is 5.92 Å². The number of carbonyl (C=O) groups excluding carboxylic acids is 2. The van der Waals surface area contributed by atoms with Gasteiger partial charge < -0.3 is 14.4 Å². The summed E-state index contributed by atoms with van der Waals surface area (Å²) in [4.78, 5) is 25.5. The molecule has 0 aromatic carbocycles. The third kappa shape index (κ3) is 3.91. The Labute approximate surface area is 126 Å². The third-order valence-electron chi connectivity index (χ3n) is 4.34. The molecule has 3 atom stereocenters. The van der Waals surface area contributed by atoms with Crippen LogP contribution < -0.4 is 0 Å². The average Bonchev–Trinajstić information content (AvgIpc) is 2.84. The molecular weight excluding hydrogens is 303 g/mol. The molecule has 5 nitrogen and oxygen atoms in total. The number of hydrogen-bond donors (Lipinski definition) is 0. The molecular formula is C14H20F3NO4. The normalized spacial score (nSPS) is 28.4. The van der Waals surface area contributed by atoms with Gasteiger partial charge in [0.05, 0.1) is 7.11 Å². The van der Waals surface area contributed by atoms with Gasteiger partial charge in [-0.3, -0.25) is 4.79 Å². The number of ether oxygens (including phenoxy) is 2. The second-order valence-corrected chi connectivity index (χ2v) is 5.80. The minimum Gasteiger partial charge on any atom is -0.467 e. The van der Waals surface area contributed by atoms with Crippen LogP contribution in [0.4, 0.5) is 13.2 Å². The van der Waals surface area contributed by atoms with E-state index in [0.29, 0.717) is 6.42 Å². The van der Waals surface area contributed by atoms with Crippen molar-refractivity contribution >= 4 is 11.9 Å². The number of amides is 1. The summed E-state index contributed by atoms with van der Waals surface area (Å²) in [5.74, 6) is -0.878. The van der Waals surface area contributed by atoms with E-state index in [-0.39, 0.29) is 12.0 Å². The molecule has 1 heterocycles. The first kappa shape index (κ1) is 17.1. The molecule has 1 saturated carbocycles. The molecule has 2 rings (SSSR count). The molecule has 22 heavy (non-hydrogen) atoms. The van der Waals surface area contributed by atoms with Gasteiger partial charge in [-0.15, -0.1) is 0 Å². The van der Waals surface area contributed by atoms with E-state index in [0.717, 1.165) is 25.7 Å². The molecule has 2 aliphatic rings. The number of nitrogens with zero attached hydrogens (tertiary/aromatic N) is 1. The topological polar surface area (TPSA) is 55.8 Å². The number of rotatable bonds is 4. The van der Waals surface area contributed by atoms with Crippen molar-refractivity contribution in [3.63, 3.8) is 0 Å². The zero-order valence-corrected chi connectivity index (χ0v) is 12.4. The number of esters is 1. The molecule has 1 amide bonds. The molecule has 2 fully saturated rings. The summed E-state index contributed by atoms with van der Waals surface area (Å²) in [5.41, 5.74) is 0. The number of alkyl halides is 3. The van der Waals surface area contributed by atoms with Crippen molar-refractivity contribution in [1.82, 2.24) is 4.90 Å². The summed E-state index contributed by atoms with van der Waals surface area (Å²) in [5, 5.41) is 0. The number of likely N-dealkylation sites (tertiary alicyclic amines) is 1. The minimum absolute atomic E-state index is 0.0974. The highest BCUT2D eigenvalue weighted by molar-refractivity contribution is 5.86. The molecule has 0 bridgehead atoms. The second-order valence-electron chi connectivity index (χ2n) is 5.80. The van der Waals surface area contributed by atoms with Crippen LogP contribution in [0.2, 0.25) is 0 Å². The highest BCUT2D eigenvalue weighted by atomic mass is 19.4. The molecule has 1 aliphatic carbocycles. The van der Waals surface area contributed by atoms with E-state index in [4.69, 9.17) is 4.74 Å². The van der Waals surface area contributed by atoms with Crippen LogP contribution in [0.3, 0.4) is 0 Å². The maximum absolute atomic E-state index is 12.2. The van der Waals surface area contributed by atoms with E-state index < -0.39 is 37.3 Å². The highest BCUT2D eigenvalue weighted by Crippen LogP contribution is 2.40. The van der Waals surface area contributed by atoms with E-state index in [2.05, 4.69) is 4.74 Å². The van der Waals surface area contributed by atoms with E-state index in [1.54, 1.807) is 0 Å². The summed E-state index contributed by atoms with van der Waals surface area (Å²) >= 11 is 0. The number of hydrogen-bond acceptors (Lipinski definition) is 4. The maximum atomic E-state index is 12.2. The van der Waals surface area contributed by atoms with Gasteiger partial charge in [0.15, 0.2) is 0 Å². The molecule has 0 aromatic rings. The van der Waals surface area contributed by atoms with Gasteiger partial charge in [0.2, 0.25) is 5.91 Å². The van der Waals surface area contributed by atoms with Gasteiger partial charge >= 0.3 is 12.1 Å². The first-order chi connectivity index (χ1) is 10.3. The Bertz CT molecular complexity index is 427. The largest absolute Gasteiger partial charge is 0.467 e. The first-order valence-electron chi connectivity index (χ1n) is 7.37. The van der Waals surface area contributed by atoms with E-state index >= 15 is 0 Å². The monoisotopic (exact) mass is 323 g/mol. The lowest BCUT2D eigenvalue weighted by atomic mass is 9.85. The van der Waals surface area contributed by atoms with Gasteiger partial charge in [0.1, 0.15) is 19.3 Å². The molecule has 0 aromatic heterocycles. The predicted octanol–water partition coefficient (Wildman–Crippen LogP) is 1.90. The molecule has 0 N–H and O–H groups in total. The van der Waals surface area contributed by atoms with Gasteiger partial charge in [0, 0.05) is 6.04 Å². The number of fused-ring (bicyclic) bond motifs is 1. The van der Waals surface area contributed by atoms with Gasteiger partial charge in [-0.25, -0.2) is 4.79 Å². The van der Waals surface area contributed by atoms with Crippen molar-refractivity contribution in [3.05, 3.63) is 0 Å². The molecule has 0 radical (unpaired) electrons. The van der Waals surface area contributed by atoms with Crippen LogP contribution in [0, 0.1) is 5.92 Å². The van der Waals surface area contributed by atoms with Crippen LogP contribution in [0.5, 0.6) is 0 Å². The molecule has 3 unspecified atom stereocenters. The number of methoxy groups -OCH3 is 1. The average molecular weight is 323 g/mol. The van der Waals surface area contributed by atoms with Crippen LogP contribution in [-0.4, -0.2) is 55.4 Å². The SMILES string of the molecule is COC(=O)C1CC2CCCCC2N1C(=O)COCC(F)(F)F. The fraction of sp³-hybridized carbons (Fsp3) is 0.857. The molecule has 0 spiro atoms. The van der Waals surface area contributed by atoms with Crippen molar-refractivity contribution < 1.29 is 32.2 Å². The summed E-state index contributed by atoms with van der Waals surface area (Å²) in [6.45, 7) is -2.14. The summed E-state index contributed by atoms with van der Waals surface area (Å²) in [6, 6.07) is -0.806. The Morgan fingerprint density at radius 2 is 1.91 bits per heavy atom. The lowest BCUT2D eigenvalue weighted by molar-refractivity contribution is -0.179. The van der Waals surface area contributed by atoms with Crippen molar-refractivity contribution in [3.8, 4) is 0 Å². The minimum atomic E-state index is -4.47. The summed E-state index contributed by atoms with van der Waals surface area (Å²) in [6.07, 6.45) is -0.277. The second kappa shape index (κ2) is 6.85. The summed E-state index contributed by atoms with van der Waals surface area (Å²) < 4.78 is 45.4. The number of carbonyl (C=O) groups is 2. The van der Waals surface area contributed by atoms with Gasteiger partial charge in [0.25, 0.3) is 0 Å². The van der Waals surface area contributed by atoms with E-state index in [1.165, 1.54) is 12.0 Å². The van der Waals surface area contributed by atoms with Crippen LogP contribution in [0.1, 0.15) is 32.1 Å². The summed E-state index contributed by atoms with van der Waals surface area (Å²) in [7, 11) is 1.24. The van der Waals surface area contributed by atoms with Crippen molar-refractivity contribution in [2.45, 2.75) is 50.4 Å². The number of halogens is 3. The first-order valence-corrected chi connectivity index (χ1v) is 7.37. The van der Waals surface area contributed by atoms with Crippen molar-refractivity contribution in [2.75, 3.05) is 20.3 Å². The van der Waals surface area contributed by atoms with Gasteiger partial charge in [-0.1, -0.05) is 12.8 Å². The highest BCUT2D eigenvalue weighted by Gasteiger charge is 2.47. The molecule has 1 saturated heterocycles. The third-order valence-corrected chi connectivity index (χ3v) is 4.34. The Balaban J connectivity index is 2.02. The van der Waals surface area contributed by atoms with Gasteiger partial charge in [-0.05, 0) is 25.2 Å². The Hall–Kier alpha value is -1.31. The molecule has 8 heteroatoms. The van der Waals surface area contributed by atoms with Crippen LogP contribution in [-0.2, 0) is 19.1 Å². The fourth-order valence-electron chi connectivity index (χ4n) is 3.49. The Morgan fingerprint density at radius 1 is 1.23 bits per heavy atom. The quantitative estimate of drug-likeness (QED) is 0.742. The van der Waals surface area contributed by atoms with Crippen LogP contribution in [0.25, 0.3) is 0 Å². The zero-order chi connectivity index (χ0) is 16.3.